The molecule has 19 heavy (non-hydrogen) atoms. The van der Waals surface area contributed by atoms with Crippen molar-refractivity contribution < 1.29 is 4.42 Å². The van der Waals surface area contributed by atoms with E-state index in [2.05, 4.69) is 30.0 Å². The first-order valence-corrected chi connectivity index (χ1v) is 6.87. The number of furan rings is 1. The molecule has 3 heteroatoms. The molecule has 1 heterocycles. The number of hydrogen-bond donors (Lipinski definition) is 1. The van der Waals surface area contributed by atoms with Gasteiger partial charge in [-0.15, -0.1) is 0 Å². The summed E-state index contributed by atoms with van der Waals surface area (Å²) in [6, 6.07) is 11.0. The van der Waals surface area contributed by atoms with Gasteiger partial charge in [0, 0.05) is 18.3 Å². The standard InChI is InChI=1S/C16H20N2O/c1-12-4-2-5-13(10-17)16(12)18(14-7-8-14)11-15-6-3-9-19-15/h2-6,9,14H,7-8,10-11,17H2,1H3. The minimum absolute atomic E-state index is 0.582. The molecule has 1 aliphatic carbocycles. The predicted octanol–water partition coefficient (Wildman–Crippen LogP) is 3.22. The van der Waals surface area contributed by atoms with Crippen molar-refractivity contribution in [3.63, 3.8) is 0 Å². The smallest absolute Gasteiger partial charge is 0.123 e. The molecule has 0 radical (unpaired) electrons. The van der Waals surface area contributed by atoms with E-state index in [9.17, 15) is 0 Å². The van der Waals surface area contributed by atoms with Crippen molar-refractivity contribution in [3.05, 3.63) is 53.5 Å². The quantitative estimate of drug-likeness (QED) is 0.893. The SMILES string of the molecule is Cc1cccc(CN)c1N(Cc1ccco1)C1CC1. The van der Waals surface area contributed by atoms with E-state index in [0.29, 0.717) is 12.6 Å². The third kappa shape index (κ3) is 2.51. The normalized spacial score (nSPS) is 14.6. The Balaban J connectivity index is 1.96. The summed E-state index contributed by atoms with van der Waals surface area (Å²) in [5.41, 5.74) is 9.71. The zero-order chi connectivity index (χ0) is 13.2. The Morgan fingerprint density at radius 3 is 2.74 bits per heavy atom. The van der Waals surface area contributed by atoms with Crippen LogP contribution >= 0.6 is 0 Å². The third-order valence-corrected chi connectivity index (χ3v) is 3.72. The van der Waals surface area contributed by atoms with Gasteiger partial charge in [-0.1, -0.05) is 18.2 Å². The fourth-order valence-corrected chi connectivity index (χ4v) is 2.64. The minimum atomic E-state index is 0.582. The van der Waals surface area contributed by atoms with Gasteiger partial charge in [-0.3, -0.25) is 0 Å². The van der Waals surface area contributed by atoms with E-state index in [0.717, 1.165) is 12.3 Å². The second kappa shape index (κ2) is 5.10. The summed E-state index contributed by atoms with van der Waals surface area (Å²) >= 11 is 0. The summed E-state index contributed by atoms with van der Waals surface area (Å²) in [6.45, 7) is 3.57. The van der Waals surface area contributed by atoms with Crippen LogP contribution in [0.4, 0.5) is 5.69 Å². The Morgan fingerprint density at radius 1 is 1.26 bits per heavy atom. The molecule has 1 fully saturated rings. The number of nitrogens with two attached hydrogens (primary N) is 1. The largest absolute Gasteiger partial charge is 0.467 e. The van der Waals surface area contributed by atoms with Gasteiger partial charge in [-0.25, -0.2) is 0 Å². The Kier molecular flexibility index (Phi) is 3.30. The van der Waals surface area contributed by atoms with Crippen LogP contribution in [-0.2, 0) is 13.1 Å². The molecular formula is C16H20N2O. The molecule has 1 aromatic heterocycles. The zero-order valence-electron chi connectivity index (χ0n) is 11.3. The van der Waals surface area contributed by atoms with Crippen molar-refractivity contribution in [1.29, 1.82) is 0 Å². The number of hydrogen-bond acceptors (Lipinski definition) is 3. The second-order valence-electron chi connectivity index (χ2n) is 5.23. The lowest BCUT2D eigenvalue weighted by atomic mass is 10.1. The van der Waals surface area contributed by atoms with Crippen molar-refractivity contribution >= 4 is 5.69 Å². The van der Waals surface area contributed by atoms with Crippen LogP contribution in [0.1, 0.15) is 29.7 Å². The number of anilines is 1. The molecule has 3 nitrogen and oxygen atoms in total. The molecular weight excluding hydrogens is 236 g/mol. The maximum absolute atomic E-state index is 5.90. The van der Waals surface area contributed by atoms with E-state index in [4.69, 9.17) is 10.2 Å². The van der Waals surface area contributed by atoms with Crippen LogP contribution in [0, 0.1) is 6.92 Å². The zero-order valence-corrected chi connectivity index (χ0v) is 11.3. The number of nitrogens with zero attached hydrogens (tertiary/aromatic N) is 1. The molecule has 0 bridgehead atoms. The Labute approximate surface area is 114 Å². The monoisotopic (exact) mass is 256 g/mol. The fourth-order valence-electron chi connectivity index (χ4n) is 2.64. The molecule has 0 saturated heterocycles. The topological polar surface area (TPSA) is 42.4 Å². The molecule has 1 aliphatic rings. The van der Waals surface area contributed by atoms with Crippen LogP contribution in [0.15, 0.2) is 41.0 Å². The summed E-state index contributed by atoms with van der Waals surface area (Å²) in [4.78, 5) is 2.45. The van der Waals surface area contributed by atoms with Gasteiger partial charge in [0.2, 0.25) is 0 Å². The second-order valence-corrected chi connectivity index (χ2v) is 5.23. The molecule has 1 saturated carbocycles. The van der Waals surface area contributed by atoms with Crippen molar-refractivity contribution in [2.45, 2.75) is 38.9 Å². The van der Waals surface area contributed by atoms with Crippen molar-refractivity contribution in [2.75, 3.05) is 4.90 Å². The van der Waals surface area contributed by atoms with Crippen LogP contribution in [0.2, 0.25) is 0 Å². The Morgan fingerprint density at radius 2 is 2.11 bits per heavy atom. The van der Waals surface area contributed by atoms with E-state index in [1.54, 1.807) is 6.26 Å². The molecule has 0 amide bonds. The highest BCUT2D eigenvalue weighted by Gasteiger charge is 2.31. The Hall–Kier alpha value is -1.74. The third-order valence-electron chi connectivity index (χ3n) is 3.72. The van der Waals surface area contributed by atoms with Gasteiger partial charge in [0.15, 0.2) is 0 Å². The van der Waals surface area contributed by atoms with E-state index < -0.39 is 0 Å². The molecule has 3 rings (SSSR count). The maximum Gasteiger partial charge on any atom is 0.123 e. The van der Waals surface area contributed by atoms with Gasteiger partial charge in [-0.2, -0.15) is 0 Å². The summed E-state index contributed by atoms with van der Waals surface area (Å²) < 4.78 is 5.50. The van der Waals surface area contributed by atoms with Gasteiger partial charge in [0.1, 0.15) is 5.76 Å². The predicted molar refractivity (Wildman–Crippen MR) is 77.0 cm³/mol. The van der Waals surface area contributed by atoms with Crippen LogP contribution in [0.3, 0.4) is 0 Å². The fraction of sp³-hybridized carbons (Fsp3) is 0.375. The molecule has 2 aromatic rings. The molecule has 0 spiro atoms. The van der Waals surface area contributed by atoms with Crippen LogP contribution < -0.4 is 10.6 Å². The van der Waals surface area contributed by atoms with Gasteiger partial charge in [0.25, 0.3) is 0 Å². The molecule has 2 N–H and O–H groups in total. The Bertz CT molecular complexity index is 544. The van der Waals surface area contributed by atoms with Crippen molar-refractivity contribution in [3.8, 4) is 0 Å². The summed E-state index contributed by atoms with van der Waals surface area (Å²) in [6.07, 6.45) is 4.26. The number of aryl methyl sites for hydroxylation is 1. The average molecular weight is 256 g/mol. The first-order valence-electron chi connectivity index (χ1n) is 6.87. The van der Waals surface area contributed by atoms with Crippen molar-refractivity contribution in [2.24, 2.45) is 5.73 Å². The van der Waals surface area contributed by atoms with Crippen LogP contribution in [0.25, 0.3) is 0 Å². The molecule has 0 atom stereocenters. The van der Waals surface area contributed by atoms with Gasteiger partial charge in [-0.05, 0) is 43.0 Å². The first kappa shape index (κ1) is 12.3. The van der Waals surface area contributed by atoms with E-state index >= 15 is 0 Å². The molecule has 1 aromatic carbocycles. The lowest BCUT2D eigenvalue weighted by molar-refractivity contribution is 0.500. The maximum atomic E-state index is 5.90. The van der Waals surface area contributed by atoms with Gasteiger partial charge >= 0.3 is 0 Å². The molecule has 0 unspecified atom stereocenters. The molecule has 100 valence electrons. The number of rotatable bonds is 5. The van der Waals surface area contributed by atoms with Gasteiger partial charge < -0.3 is 15.1 Å². The lowest BCUT2D eigenvalue weighted by Crippen LogP contribution is -2.27. The van der Waals surface area contributed by atoms with E-state index in [1.807, 2.05) is 12.1 Å². The minimum Gasteiger partial charge on any atom is -0.467 e. The van der Waals surface area contributed by atoms with E-state index in [1.165, 1.54) is 29.7 Å². The molecule has 0 aliphatic heterocycles. The van der Waals surface area contributed by atoms with Crippen LogP contribution in [-0.4, -0.2) is 6.04 Å². The highest BCUT2D eigenvalue weighted by Crippen LogP contribution is 2.36. The summed E-state index contributed by atoms with van der Waals surface area (Å²) in [7, 11) is 0. The van der Waals surface area contributed by atoms with E-state index in [-0.39, 0.29) is 0 Å². The lowest BCUT2D eigenvalue weighted by Gasteiger charge is -2.28. The van der Waals surface area contributed by atoms with Gasteiger partial charge in [0.05, 0.1) is 12.8 Å². The van der Waals surface area contributed by atoms with Crippen molar-refractivity contribution in [1.82, 2.24) is 0 Å². The number of benzene rings is 1. The first-order chi connectivity index (χ1) is 9.29. The van der Waals surface area contributed by atoms with Crippen LogP contribution in [0.5, 0.6) is 0 Å². The highest BCUT2D eigenvalue weighted by molar-refractivity contribution is 5.60. The average Bonchev–Trinajstić information content (AvgIpc) is 3.14. The summed E-state index contributed by atoms with van der Waals surface area (Å²) in [5, 5.41) is 0. The highest BCUT2D eigenvalue weighted by atomic mass is 16.3. The summed E-state index contributed by atoms with van der Waals surface area (Å²) in [5.74, 6) is 1.01. The number of para-hydroxylation sites is 1.